The summed E-state index contributed by atoms with van der Waals surface area (Å²) in [5, 5.41) is 13.1. The third kappa shape index (κ3) is 7.00. The van der Waals surface area contributed by atoms with E-state index in [1.54, 1.807) is 18.2 Å². The number of alkyl halides is 3. The third-order valence-electron chi connectivity index (χ3n) is 4.04. The van der Waals surface area contributed by atoms with Crippen LogP contribution < -0.4 is 21.1 Å². The number of carboxylic acid groups (broad SMARTS) is 1. The Morgan fingerprint density at radius 3 is 2.23 bits per heavy atom. The minimum absolute atomic E-state index is 0.114. The lowest BCUT2D eigenvalue weighted by molar-refractivity contribution is -0.192. The normalized spacial score (nSPS) is 13.3. The van der Waals surface area contributed by atoms with E-state index < -0.39 is 18.1 Å². The fourth-order valence-electron chi connectivity index (χ4n) is 2.45. The standard InChI is InChI=1S/C18H19N3O3.C2HF3O2/c1-11-6-12(17(19)22)8-13(7-11)18(23)21-15-4-2-3-5-16(15)24-14-9-20-10-14;3-2(4,5)1(6)7/h2-8,14,20H,9-10H2,1H3,(H2,19,22)(H,21,23);(H,6,7). The molecule has 0 spiro atoms. The number of carboxylic acids is 1. The molecule has 0 saturated carbocycles. The first-order valence-electron chi connectivity index (χ1n) is 8.96. The van der Waals surface area contributed by atoms with Gasteiger partial charge in [0, 0.05) is 24.2 Å². The number of hydrogen-bond acceptors (Lipinski definition) is 5. The Morgan fingerprint density at radius 1 is 1.13 bits per heavy atom. The fourth-order valence-corrected chi connectivity index (χ4v) is 2.45. The summed E-state index contributed by atoms with van der Waals surface area (Å²) in [5.74, 6) is -3.01. The number of para-hydroxylation sites is 2. The SMILES string of the molecule is Cc1cc(C(N)=O)cc(C(=O)Nc2ccccc2OC2CNC2)c1.O=C(O)C(F)(F)F. The third-order valence-corrected chi connectivity index (χ3v) is 4.04. The van der Waals surface area contributed by atoms with Crippen molar-refractivity contribution in [1.82, 2.24) is 5.32 Å². The maximum absolute atomic E-state index is 12.5. The van der Waals surface area contributed by atoms with Gasteiger partial charge in [0.25, 0.3) is 5.91 Å². The molecule has 2 aromatic rings. The predicted octanol–water partition coefficient (Wildman–Crippen LogP) is 2.33. The molecule has 166 valence electrons. The van der Waals surface area contributed by atoms with Crippen molar-refractivity contribution >= 4 is 23.5 Å². The van der Waals surface area contributed by atoms with Crippen molar-refractivity contribution in [3.63, 3.8) is 0 Å². The van der Waals surface area contributed by atoms with Crippen molar-refractivity contribution in [2.24, 2.45) is 5.73 Å². The highest BCUT2D eigenvalue weighted by Crippen LogP contribution is 2.26. The lowest BCUT2D eigenvalue weighted by Gasteiger charge is -2.28. The van der Waals surface area contributed by atoms with E-state index in [9.17, 15) is 22.8 Å². The summed E-state index contributed by atoms with van der Waals surface area (Å²) in [6.07, 6.45) is -4.97. The van der Waals surface area contributed by atoms with Gasteiger partial charge in [-0.3, -0.25) is 9.59 Å². The van der Waals surface area contributed by atoms with Gasteiger partial charge < -0.3 is 26.2 Å². The average Bonchev–Trinajstić information content (AvgIpc) is 2.65. The second-order valence-corrected chi connectivity index (χ2v) is 6.60. The first kappa shape index (κ1) is 23.7. The number of anilines is 1. The summed E-state index contributed by atoms with van der Waals surface area (Å²) in [6, 6.07) is 12.1. The molecular weight excluding hydrogens is 419 g/mol. The molecule has 8 nitrogen and oxygen atoms in total. The Morgan fingerprint density at radius 2 is 1.71 bits per heavy atom. The van der Waals surface area contributed by atoms with Gasteiger partial charge in [-0.15, -0.1) is 0 Å². The number of aryl methyl sites for hydroxylation is 1. The molecule has 2 aromatic carbocycles. The Bertz CT molecular complexity index is 975. The number of rotatable bonds is 5. The van der Waals surface area contributed by atoms with Gasteiger partial charge in [0.1, 0.15) is 11.9 Å². The summed E-state index contributed by atoms with van der Waals surface area (Å²) in [7, 11) is 0. The Balaban J connectivity index is 0.000000423. The van der Waals surface area contributed by atoms with Crippen LogP contribution in [0.2, 0.25) is 0 Å². The summed E-state index contributed by atoms with van der Waals surface area (Å²) >= 11 is 0. The number of nitrogens with two attached hydrogens (primary N) is 1. The molecule has 11 heteroatoms. The van der Waals surface area contributed by atoms with Gasteiger partial charge in [-0.2, -0.15) is 13.2 Å². The zero-order valence-corrected chi connectivity index (χ0v) is 16.3. The van der Waals surface area contributed by atoms with Crippen LogP contribution in [0.1, 0.15) is 26.3 Å². The molecule has 31 heavy (non-hydrogen) atoms. The van der Waals surface area contributed by atoms with Gasteiger partial charge in [0.15, 0.2) is 0 Å². The van der Waals surface area contributed by atoms with Crippen LogP contribution in [0.4, 0.5) is 18.9 Å². The van der Waals surface area contributed by atoms with Crippen molar-refractivity contribution in [1.29, 1.82) is 0 Å². The molecule has 1 aliphatic rings. The highest BCUT2D eigenvalue weighted by Gasteiger charge is 2.38. The summed E-state index contributed by atoms with van der Waals surface area (Å²) in [4.78, 5) is 32.8. The molecule has 0 unspecified atom stereocenters. The lowest BCUT2D eigenvalue weighted by atomic mass is 10.1. The van der Waals surface area contributed by atoms with Crippen LogP contribution in [0, 0.1) is 6.92 Å². The largest absolute Gasteiger partial charge is 0.490 e. The van der Waals surface area contributed by atoms with E-state index >= 15 is 0 Å². The number of benzene rings is 2. The first-order chi connectivity index (χ1) is 14.5. The summed E-state index contributed by atoms with van der Waals surface area (Å²) in [5.41, 5.74) is 7.38. The lowest BCUT2D eigenvalue weighted by Crippen LogP contribution is -2.50. The van der Waals surface area contributed by atoms with Gasteiger partial charge in [-0.25, -0.2) is 4.79 Å². The molecule has 0 aliphatic carbocycles. The zero-order valence-electron chi connectivity index (χ0n) is 16.3. The molecule has 3 rings (SSSR count). The van der Waals surface area contributed by atoms with Gasteiger partial charge in [-0.1, -0.05) is 12.1 Å². The van der Waals surface area contributed by atoms with Crippen LogP contribution in [-0.2, 0) is 4.79 Å². The smallest absolute Gasteiger partial charge is 0.486 e. The van der Waals surface area contributed by atoms with E-state index in [0.717, 1.165) is 18.7 Å². The Kier molecular flexibility index (Phi) is 7.59. The van der Waals surface area contributed by atoms with Crippen LogP contribution >= 0.6 is 0 Å². The molecule has 1 fully saturated rings. The number of halogens is 3. The van der Waals surface area contributed by atoms with E-state index in [2.05, 4.69) is 10.6 Å². The number of carbonyl (C=O) groups excluding carboxylic acids is 2. The van der Waals surface area contributed by atoms with Crippen LogP contribution in [0.25, 0.3) is 0 Å². The average molecular weight is 439 g/mol. The van der Waals surface area contributed by atoms with E-state index in [0.29, 0.717) is 22.6 Å². The first-order valence-corrected chi connectivity index (χ1v) is 8.96. The Hall–Kier alpha value is -3.60. The van der Waals surface area contributed by atoms with Crippen molar-refractivity contribution in [2.75, 3.05) is 18.4 Å². The monoisotopic (exact) mass is 439 g/mol. The molecular formula is C20H20F3N3O5. The molecule has 1 heterocycles. The zero-order chi connectivity index (χ0) is 23.2. The van der Waals surface area contributed by atoms with Gasteiger partial charge in [0.2, 0.25) is 5.91 Å². The minimum atomic E-state index is -5.08. The summed E-state index contributed by atoms with van der Waals surface area (Å²) in [6.45, 7) is 3.40. The van der Waals surface area contributed by atoms with Crippen LogP contribution in [0.15, 0.2) is 42.5 Å². The summed E-state index contributed by atoms with van der Waals surface area (Å²) < 4.78 is 37.6. The molecule has 0 bridgehead atoms. The van der Waals surface area contributed by atoms with E-state index in [1.807, 2.05) is 25.1 Å². The maximum Gasteiger partial charge on any atom is 0.490 e. The Labute approximate surface area is 175 Å². The van der Waals surface area contributed by atoms with Crippen molar-refractivity contribution in [3.05, 3.63) is 59.2 Å². The van der Waals surface area contributed by atoms with Crippen molar-refractivity contribution < 1.29 is 37.4 Å². The van der Waals surface area contributed by atoms with Gasteiger partial charge >= 0.3 is 12.1 Å². The number of carbonyl (C=O) groups is 3. The number of amides is 2. The molecule has 5 N–H and O–H groups in total. The predicted molar refractivity (Wildman–Crippen MR) is 105 cm³/mol. The van der Waals surface area contributed by atoms with Gasteiger partial charge in [0.05, 0.1) is 5.69 Å². The van der Waals surface area contributed by atoms with E-state index in [4.69, 9.17) is 20.4 Å². The topological polar surface area (TPSA) is 131 Å². The van der Waals surface area contributed by atoms with Gasteiger partial charge in [-0.05, 0) is 42.8 Å². The quantitative estimate of drug-likeness (QED) is 0.566. The second-order valence-electron chi connectivity index (χ2n) is 6.60. The van der Waals surface area contributed by atoms with Crippen molar-refractivity contribution in [2.45, 2.75) is 19.2 Å². The van der Waals surface area contributed by atoms with E-state index in [-0.39, 0.29) is 12.0 Å². The van der Waals surface area contributed by atoms with Crippen molar-refractivity contribution in [3.8, 4) is 5.75 Å². The van der Waals surface area contributed by atoms with Crippen LogP contribution in [0.5, 0.6) is 5.75 Å². The second kappa shape index (κ2) is 9.94. The maximum atomic E-state index is 12.5. The molecule has 0 atom stereocenters. The number of ether oxygens (including phenoxy) is 1. The number of aliphatic carboxylic acids is 1. The number of primary amides is 1. The van der Waals surface area contributed by atoms with Crippen LogP contribution in [-0.4, -0.2) is 48.3 Å². The molecule has 0 radical (unpaired) electrons. The van der Waals surface area contributed by atoms with E-state index in [1.165, 1.54) is 6.07 Å². The highest BCUT2D eigenvalue weighted by atomic mass is 19.4. The molecule has 1 aliphatic heterocycles. The molecule has 1 saturated heterocycles. The highest BCUT2D eigenvalue weighted by molar-refractivity contribution is 6.06. The fraction of sp³-hybridized carbons (Fsp3) is 0.250. The number of hydrogen-bond donors (Lipinski definition) is 4. The van der Waals surface area contributed by atoms with Crippen LogP contribution in [0.3, 0.4) is 0 Å². The molecule has 0 aromatic heterocycles. The minimum Gasteiger partial charge on any atom is -0.486 e. The number of nitrogens with one attached hydrogen (secondary N) is 2. The molecule has 2 amide bonds.